The molecule has 4 heteroatoms. The topological polar surface area (TPSA) is 29.5 Å². The van der Waals surface area contributed by atoms with E-state index in [1.165, 1.54) is 21.6 Å². The van der Waals surface area contributed by atoms with Crippen LogP contribution in [0, 0.1) is 0 Å². The number of rotatable bonds is 2. The quantitative estimate of drug-likeness (QED) is 0.845. The third-order valence-electron chi connectivity index (χ3n) is 4.63. The summed E-state index contributed by atoms with van der Waals surface area (Å²) in [6.07, 6.45) is 4.31. The van der Waals surface area contributed by atoms with E-state index in [4.69, 9.17) is 4.74 Å². The summed E-state index contributed by atoms with van der Waals surface area (Å²) in [4.78, 5) is 16.8. The standard InChI is InChI=1S/C18H19NO2S/c1-21-14-6-7-15-12(10-14)4-5-13-11-16(22-17(13)15)18(20)19-8-2-3-9-19/h6-7,10-11H,2-5,8-9H2,1H3. The number of carbonyl (C=O) groups is 1. The molecule has 0 N–H and O–H groups in total. The van der Waals surface area contributed by atoms with E-state index in [2.05, 4.69) is 18.2 Å². The molecule has 0 spiro atoms. The molecule has 2 aromatic rings. The number of hydrogen-bond acceptors (Lipinski definition) is 3. The molecule has 1 saturated heterocycles. The van der Waals surface area contributed by atoms with E-state index < -0.39 is 0 Å². The van der Waals surface area contributed by atoms with E-state index in [0.717, 1.165) is 49.4 Å². The Kier molecular flexibility index (Phi) is 3.41. The van der Waals surface area contributed by atoms with Crippen molar-refractivity contribution in [3.8, 4) is 16.2 Å². The molecule has 2 aliphatic rings. The van der Waals surface area contributed by atoms with E-state index in [-0.39, 0.29) is 5.91 Å². The van der Waals surface area contributed by atoms with E-state index in [1.54, 1.807) is 18.4 Å². The first-order valence-electron chi connectivity index (χ1n) is 7.85. The van der Waals surface area contributed by atoms with Crippen LogP contribution in [0.4, 0.5) is 0 Å². The molecule has 0 saturated carbocycles. The zero-order valence-electron chi connectivity index (χ0n) is 12.7. The zero-order valence-corrected chi connectivity index (χ0v) is 13.5. The van der Waals surface area contributed by atoms with Gasteiger partial charge in [0.1, 0.15) is 5.75 Å². The number of carbonyl (C=O) groups excluding carboxylic acids is 1. The SMILES string of the molecule is COc1ccc2c(c1)CCc1cc(C(=O)N3CCCC3)sc1-2. The highest BCUT2D eigenvalue weighted by molar-refractivity contribution is 7.17. The van der Waals surface area contributed by atoms with Gasteiger partial charge in [0, 0.05) is 18.0 Å². The fraction of sp³-hybridized carbons (Fsp3) is 0.389. The highest BCUT2D eigenvalue weighted by Gasteiger charge is 2.25. The van der Waals surface area contributed by atoms with Crippen molar-refractivity contribution in [2.45, 2.75) is 25.7 Å². The van der Waals surface area contributed by atoms with Gasteiger partial charge in [-0.05, 0) is 66.6 Å². The van der Waals surface area contributed by atoms with E-state index in [0.29, 0.717) is 0 Å². The highest BCUT2D eigenvalue weighted by atomic mass is 32.1. The summed E-state index contributed by atoms with van der Waals surface area (Å²) in [7, 11) is 1.70. The average molecular weight is 313 g/mol. The van der Waals surface area contributed by atoms with Crippen molar-refractivity contribution in [2.24, 2.45) is 0 Å². The molecule has 4 rings (SSSR count). The predicted octanol–water partition coefficient (Wildman–Crippen LogP) is 3.76. The molecule has 1 aromatic carbocycles. The Balaban J connectivity index is 1.70. The fourth-order valence-electron chi connectivity index (χ4n) is 3.42. The molecule has 1 fully saturated rings. The largest absolute Gasteiger partial charge is 0.497 e. The number of aryl methyl sites for hydroxylation is 2. The van der Waals surface area contributed by atoms with Crippen LogP contribution in [-0.2, 0) is 12.8 Å². The van der Waals surface area contributed by atoms with Gasteiger partial charge in [-0.1, -0.05) is 0 Å². The van der Waals surface area contributed by atoms with Gasteiger partial charge in [0.25, 0.3) is 5.91 Å². The average Bonchev–Trinajstić information content (AvgIpc) is 3.22. The van der Waals surface area contributed by atoms with E-state index in [1.807, 2.05) is 11.0 Å². The molecule has 22 heavy (non-hydrogen) atoms. The van der Waals surface area contributed by atoms with Crippen molar-refractivity contribution in [1.29, 1.82) is 0 Å². The number of benzene rings is 1. The van der Waals surface area contributed by atoms with Crippen LogP contribution in [-0.4, -0.2) is 31.0 Å². The molecule has 1 aliphatic carbocycles. The van der Waals surface area contributed by atoms with Gasteiger partial charge in [0.2, 0.25) is 0 Å². The maximum absolute atomic E-state index is 12.6. The van der Waals surface area contributed by atoms with Crippen molar-refractivity contribution in [1.82, 2.24) is 4.90 Å². The van der Waals surface area contributed by atoms with Crippen LogP contribution in [0.25, 0.3) is 10.4 Å². The van der Waals surface area contributed by atoms with Crippen molar-refractivity contribution in [2.75, 3.05) is 20.2 Å². The van der Waals surface area contributed by atoms with Gasteiger partial charge in [-0.2, -0.15) is 0 Å². The molecular formula is C18H19NO2S. The summed E-state index contributed by atoms with van der Waals surface area (Å²) in [6.45, 7) is 1.82. The molecule has 2 heterocycles. The first kappa shape index (κ1) is 13.8. The Labute approximate surface area is 134 Å². The van der Waals surface area contributed by atoms with Crippen LogP contribution in [0.1, 0.15) is 33.6 Å². The Morgan fingerprint density at radius 2 is 1.91 bits per heavy atom. The normalized spacial score (nSPS) is 16.3. The molecule has 0 radical (unpaired) electrons. The molecule has 3 nitrogen and oxygen atoms in total. The van der Waals surface area contributed by atoms with Crippen molar-refractivity contribution >= 4 is 17.2 Å². The minimum atomic E-state index is 0.215. The first-order valence-corrected chi connectivity index (χ1v) is 8.67. The number of methoxy groups -OCH3 is 1. The molecule has 0 bridgehead atoms. The molecule has 1 aromatic heterocycles. The highest BCUT2D eigenvalue weighted by Crippen LogP contribution is 2.41. The lowest BCUT2D eigenvalue weighted by Crippen LogP contribution is -2.26. The van der Waals surface area contributed by atoms with Crippen molar-refractivity contribution in [3.05, 3.63) is 40.3 Å². The van der Waals surface area contributed by atoms with Crippen LogP contribution in [0.5, 0.6) is 5.75 Å². The minimum Gasteiger partial charge on any atom is -0.497 e. The van der Waals surface area contributed by atoms with Gasteiger partial charge in [0.05, 0.1) is 12.0 Å². The smallest absolute Gasteiger partial charge is 0.263 e. The number of amides is 1. The lowest BCUT2D eigenvalue weighted by atomic mass is 9.91. The first-order chi connectivity index (χ1) is 10.8. The zero-order chi connectivity index (χ0) is 15.1. The summed E-state index contributed by atoms with van der Waals surface area (Å²) in [6, 6.07) is 8.39. The summed E-state index contributed by atoms with van der Waals surface area (Å²) in [5.74, 6) is 1.12. The van der Waals surface area contributed by atoms with Gasteiger partial charge < -0.3 is 9.64 Å². The van der Waals surface area contributed by atoms with Crippen molar-refractivity contribution in [3.63, 3.8) is 0 Å². The third kappa shape index (κ3) is 2.22. The van der Waals surface area contributed by atoms with Gasteiger partial charge >= 0.3 is 0 Å². The number of hydrogen-bond donors (Lipinski definition) is 0. The second kappa shape index (κ2) is 5.43. The number of likely N-dealkylation sites (tertiary alicyclic amines) is 1. The fourth-order valence-corrected chi connectivity index (χ4v) is 4.66. The molecule has 0 atom stereocenters. The van der Waals surface area contributed by atoms with Crippen LogP contribution >= 0.6 is 11.3 Å². The second-order valence-electron chi connectivity index (χ2n) is 5.99. The molecule has 1 aliphatic heterocycles. The van der Waals surface area contributed by atoms with Gasteiger partial charge in [-0.3, -0.25) is 4.79 Å². The maximum Gasteiger partial charge on any atom is 0.263 e. The predicted molar refractivity (Wildman–Crippen MR) is 88.9 cm³/mol. The summed E-state index contributed by atoms with van der Waals surface area (Å²) in [5, 5.41) is 0. The monoisotopic (exact) mass is 313 g/mol. The Morgan fingerprint density at radius 3 is 2.68 bits per heavy atom. The van der Waals surface area contributed by atoms with Crippen LogP contribution in [0.15, 0.2) is 24.3 Å². The number of ether oxygens (including phenoxy) is 1. The maximum atomic E-state index is 12.6. The third-order valence-corrected chi connectivity index (χ3v) is 5.83. The number of fused-ring (bicyclic) bond motifs is 3. The summed E-state index contributed by atoms with van der Waals surface area (Å²) in [5.41, 5.74) is 3.92. The second-order valence-corrected chi connectivity index (χ2v) is 7.04. The lowest BCUT2D eigenvalue weighted by Gasteiger charge is -2.16. The minimum absolute atomic E-state index is 0.215. The van der Waals surface area contributed by atoms with E-state index in [9.17, 15) is 4.79 Å². The van der Waals surface area contributed by atoms with E-state index >= 15 is 0 Å². The van der Waals surface area contributed by atoms with Crippen LogP contribution < -0.4 is 4.74 Å². The van der Waals surface area contributed by atoms with Gasteiger partial charge in [-0.15, -0.1) is 11.3 Å². The molecular weight excluding hydrogens is 294 g/mol. The molecule has 114 valence electrons. The molecule has 0 unspecified atom stereocenters. The lowest BCUT2D eigenvalue weighted by molar-refractivity contribution is 0.0797. The Hall–Kier alpha value is -1.81. The van der Waals surface area contributed by atoms with Crippen molar-refractivity contribution < 1.29 is 9.53 Å². The van der Waals surface area contributed by atoms with Gasteiger partial charge in [-0.25, -0.2) is 0 Å². The van der Waals surface area contributed by atoms with Crippen LogP contribution in [0.2, 0.25) is 0 Å². The Bertz CT molecular complexity index is 729. The van der Waals surface area contributed by atoms with Gasteiger partial charge in [0.15, 0.2) is 0 Å². The summed E-state index contributed by atoms with van der Waals surface area (Å²) >= 11 is 1.65. The van der Waals surface area contributed by atoms with Crippen LogP contribution in [0.3, 0.4) is 0 Å². The number of nitrogens with zero attached hydrogens (tertiary/aromatic N) is 1. The summed E-state index contributed by atoms with van der Waals surface area (Å²) < 4.78 is 5.32. The number of thiophene rings is 1. The molecule has 1 amide bonds. The Morgan fingerprint density at radius 1 is 1.14 bits per heavy atom.